The molecule has 0 saturated heterocycles. The van der Waals surface area contributed by atoms with E-state index in [0.717, 1.165) is 27.5 Å². The molecule has 24 heavy (non-hydrogen) atoms. The molecule has 0 atom stereocenters. The van der Waals surface area contributed by atoms with E-state index >= 15 is 0 Å². The molecule has 124 valence electrons. The number of aromatic nitrogens is 1. The fourth-order valence-electron chi connectivity index (χ4n) is 3.40. The molecule has 2 aromatic heterocycles. The Hall–Kier alpha value is -1.29. The van der Waals surface area contributed by atoms with Gasteiger partial charge in [-0.1, -0.05) is 66.4 Å². The number of hydrogen-bond donors (Lipinski definition) is 1. The number of anilines is 1. The van der Waals surface area contributed by atoms with Gasteiger partial charge in [-0.25, -0.2) is 4.98 Å². The molecule has 0 amide bonds. The lowest BCUT2D eigenvalue weighted by Crippen LogP contribution is -1.99. The minimum atomic E-state index is 0.482. The smallest absolute Gasteiger partial charge is 0.131 e. The van der Waals surface area contributed by atoms with Crippen molar-refractivity contribution in [2.75, 3.05) is 5.32 Å². The Morgan fingerprint density at radius 2 is 1.88 bits per heavy atom. The van der Waals surface area contributed by atoms with Crippen LogP contribution in [0.15, 0.2) is 36.4 Å². The Morgan fingerprint density at radius 1 is 1.12 bits per heavy atom. The molecule has 1 aliphatic carbocycles. The molecule has 0 aliphatic heterocycles. The van der Waals surface area contributed by atoms with Gasteiger partial charge < -0.3 is 5.32 Å². The molecule has 0 spiro atoms. The van der Waals surface area contributed by atoms with E-state index in [4.69, 9.17) is 23.2 Å². The number of halogens is 2. The standard InChI is InChI=1S/C19H18Cl2N2S/c20-15-10-14(22-11-12-6-2-1-3-7-12)19-17(23-15)16(21)18(24-19)13-8-4-5-9-13/h1-3,6-7,10,13H,4-5,8-9,11H2,(H,22,23). The van der Waals surface area contributed by atoms with Crippen molar-refractivity contribution >= 4 is 50.4 Å². The van der Waals surface area contributed by atoms with Crippen LogP contribution < -0.4 is 5.32 Å². The first kappa shape index (κ1) is 16.2. The van der Waals surface area contributed by atoms with Gasteiger partial charge in [0, 0.05) is 17.5 Å². The minimum Gasteiger partial charge on any atom is -0.380 e. The van der Waals surface area contributed by atoms with Crippen LogP contribution in [0, 0.1) is 0 Å². The zero-order valence-electron chi connectivity index (χ0n) is 13.2. The molecule has 1 saturated carbocycles. The third kappa shape index (κ3) is 3.13. The van der Waals surface area contributed by atoms with E-state index in [1.54, 1.807) is 11.3 Å². The van der Waals surface area contributed by atoms with Crippen LogP contribution in [-0.2, 0) is 6.54 Å². The summed E-state index contributed by atoms with van der Waals surface area (Å²) in [6.07, 6.45) is 5.05. The van der Waals surface area contributed by atoms with Gasteiger partial charge in [-0.15, -0.1) is 11.3 Å². The summed E-state index contributed by atoms with van der Waals surface area (Å²) in [5.41, 5.74) is 3.09. The Kier molecular flexibility index (Phi) is 4.66. The summed E-state index contributed by atoms with van der Waals surface area (Å²) in [6.45, 7) is 0.755. The van der Waals surface area contributed by atoms with Crippen molar-refractivity contribution in [3.05, 3.63) is 57.0 Å². The van der Waals surface area contributed by atoms with Crippen molar-refractivity contribution in [3.63, 3.8) is 0 Å². The fourth-order valence-corrected chi connectivity index (χ4v) is 5.35. The van der Waals surface area contributed by atoms with E-state index in [1.165, 1.54) is 36.1 Å². The monoisotopic (exact) mass is 376 g/mol. The topological polar surface area (TPSA) is 24.9 Å². The number of rotatable bonds is 4. The SMILES string of the molecule is Clc1cc(NCc2ccccc2)c2sc(C3CCCC3)c(Cl)c2n1. The molecule has 3 aromatic rings. The third-order valence-corrected chi connectivity index (χ3v) is 6.69. The van der Waals surface area contributed by atoms with Gasteiger partial charge in [0.2, 0.25) is 0 Å². The van der Waals surface area contributed by atoms with Gasteiger partial charge in [-0.2, -0.15) is 0 Å². The Labute approximate surface area is 155 Å². The molecule has 0 radical (unpaired) electrons. The minimum absolute atomic E-state index is 0.482. The number of hydrogen-bond acceptors (Lipinski definition) is 3. The molecule has 0 unspecified atom stereocenters. The lowest BCUT2D eigenvalue weighted by molar-refractivity contribution is 0.739. The molecule has 2 nitrogen and oxygen atoms in total. The van der Waals surface area contributed by atoms with E-state index in [9.17, 15) is 0 Å². The molecular weight excluding hydrogens is 359 g/mol. The van der Waals surface area contributed by atoms with Crippen molar-refractivity contribution in [3.8, 4) is 0 Å². The first-order chi connectivity index (χ1) is 11.7. The van der Waals surface area contributed by atoms with Gasteiger partial charge in [-0.05, 0) is 24.3 Å². The molecule has 1 N–H and O–H groups in total. The van der Waals surface area contributed by atoms with Gasteiger partial charge >= 0.3 is 0 Å². The predicted molar refractivity (Wildman–Crippen MR) is 105 cm³/mol. The fraction of sp³-hybridized carbons (Fsp3) is 0.316. The van der Waals surface area contributed by atoms with Crippen molar-refractivity contribution in [1.82, 2.24) is 4.98 Å². The molecular formula is C19H18Cl2N2S. The Bertz CT molecular complexity index is 855. The molecule has 0 bridgehead atoms. The summed E-state index contributed by atoms with van der Waals surface area (Å²) in [4.78, 5) is 5.77. The summed E-state index contributed by atoms with van der Waals surface area (Å²) in [6, 6.07) is 12.2. The Morgan fingerprint density at radius 3 is 2.62 bits per heavy atom. The zero-order chi connectivity index (χ0) is 16.5. The summed E-state index contributed by atoms with van der Waals surface area (Å²) in [7, 11) is 0. The summed E-state index contributed by atoms with van der Waals surface area (Å²) in [5.74, 6) is 0.581. The van der Waals surface area contributed by atoms with Crippen LogP contribution in [0.25, 0.3) is 10.2 Å². The second-order valence-corrected chi connectivity index (χ2v) is 8.09. The van der Waals surface area contributed by atoms with Crippen LogP contribution in [0.1, 0.15) is 42.0 Å². The molecule has 1 fully saturated rings. The third-order valence-electron chi connectivity index (χ3n) is 4.63. The van der Waals surface area contributed by atoms with Gasteiger partial charge in [0.25, 0.3) is 0 Å². The van der Waals surface area contributed by atoms with Crippen LogP contribution in [0.5, 0.6) is 0 Å². The van der Waals surface area contributed by atoms with Crippen LogP contribution >= 0.6 is 34.5 Å². The predicted octanol–water partition coefficient (Wildman–Crippen LogP) is 6.87. The summed E-state index contributed by atoms with van der Waals surface area (Å²) in [5, 5.41) is 4.78. The van der Waals surface area contributed by atoms with Crippen molar-refractivity contribution in [1.29, 1.82) is 0 Å². The number of nitrogens with one attached hydrogen (secondary N) is 1. The second-order valence-electron chi connectivity index (χ2n) is 6.27. The van der Waals surface area contributed by atoms with Crippen LogP contribution in [-0.4, -0.2) is 4.98 Å². The maximum absolute atomic E-state index is 6.66. The lowest BCUT2D eigenvalue weighted by atomic mass is 10.1. The first-order valence-corrected chi connectivity index (χ1v) is 9.86. The highest BCUT2D eigenvalue weighted by atomic mass is 35.5. The van der Waals surface area contributed by atoms with E-state index in [-0.39, 0.29) is 0 Å². The van der Waals surface area contributed by atoms with E-state index in [0.29, 0.717) is 11.1 Å². The number of fused-ring (bicyclic) bond motifs is 1. The van der Waals surface area contributed by atoms with Gasteiger partial charge in [0.15, 0.2) is 0 Å². The van der Waals surface area contributed by atoms with E-state index < -0.39 is 0 Å². The van der Waals surface area contributed by atoms with Gasteiger partial charge in [-0.3, -0.25) is 0 Å². The normalized spacial score (nSPS) is 15.2. The lowest BCUT2D eigenvalue weighted by Gasteiger charge is -2.08. The average Bonchev–Trinajstić information content (AvgIpc) is 3.22. The largest absolute Gasteiger partial charge is 0.380 e. The zero-order valence-corrected chi connectivity index (χ0v) is 15.5. The van der Waals surface area contributed by atoms with Gasteiger partial charge in [0.05, 0.1) is 15.4 Å². The highest BCUT2D eigenvalue weighted by molar-refractivity contribution is 7.20. The van der Waals surface area contributed by atoms with Crippen molar-refractivity contribution < 1.29 is 0 Å². The maximum Gasteiger partial charge on any atom is 0.131 e. The Balaban J connectivity index is 1.70. The summed E-state index contributed by atoms with van der Waals surface area (Å²) >= 11 is 14.7. The van der Waals surface area contributed by atoms with Crippen LogP contribution in [0.4, 0.5) is 5.69 Å². The molecule has 5 heteroatoms. The maximum atomic E-state index is 6.66. The van der Waals surface area contributed by atoms with Crippen molar-refractivity contribution in [2.24, 2.45) is 0 Å². The first-order valence-electron chi connectivity index (χ1n) is 8.28. The van der Waals surface area contributed by atoms with Crippen LogP contribution in [0.2, 0.25) is 10.2 Å². The van der Waals surface area contributed by atoms with Gasteiger partial charge in [0.1, 0.15) is 10.7 Å². The van der Waals surface area contributed by atoms with Crippen molar-refractivity contribution in [2.45, 2.75) is 38.1 Å². The van der Waals surface area contributed by atoms with Crippen LogP contribution in [0.3, 0.4) is 0 Å². The highest BCUT2D eigenvalue weighted by Crippen LogP contribution is 2.47. The second kappa shape index (κ2) is 6.91. The molecule has 2 heterocycles. The average molecular weight is 377 g/mol. The summed E-state index contributed by atoms with van der Waals surface area (Å²) < 4.78 is 1.11. The number of benzene rings is 1. The quantitative estimate of drug-likeness (QED) is 0.502. The number of pyridine rings is 1. The van der Waals surface area contributed by atoms with E-state index in [1.807, 2.05) is 24.3 Å². The number of nitrogens with zero attached hydrogens (tertiary/aromatic N) is 1. The molecule has 1 aliphatic rings. The molecule has 1 aromatic carbocycles. The highest BCUT2D eigenvalue weighted by Gasteiger charge is 2.25. The molecule has 4 rings (SSSR count). The number of thiophene rings is 1. The van der Waals surface area contributed by atoms with E-state index in [2.05, 4.69) is 22.4 Å².